The van der Waals surface area contributed by atoms with Crippen LogP contribution in [-0.4, -0.2) is 22.6 Å². The first-order valence-electron chi connectivity index (χ1n) is 12.4. The second-order valence-corrected chi connectivity index (χ2v) is 9.98. The predicted octanol–water partition coefficient (Wildman–Crippen LogP) is 5.69. The van der Waals surface area contributed by atoms with Gasteiger partial charge in [-0.25, -0.2) is 0 Å². The molecule has 2 heterocycles. The van der Waals surface area contributed by atoms with Crippen molar-refractivity contribution in [2.24, 2.45) is 5.92 Å². The fraction of sp³-hybridized carbons (Fsp3) is 0.300. The average Bonchev–Trinajstić information content (AvgIpc) is 3.43. The topological polar surface area (TPSA) is 46.1 Å². The molecule has 2 N–H and O–H groups in total. The molecule has 6 rings (SSSR count). The molecule has 1 aliphatic carbocycles. The molecule has 0 spiro atoms. The summed E-state index contributed by atoms with van der Waals surface area (Å²) in [6.45, 7) is 1.84. The van der Waals surface area contributed by atoms with E-state index in [4.69, 9.17) is 0 Å². The molecule has 34 heavy (non-hydrogen) atoms. The summed E-state index contributed by atoms with van der Waals surface area (Å²) >= 11 is 0. The van der Waals surface area contributed by atoms with E-state index in [2.05, 4.69) is 82.1 Å². The number of nitrogens with one attached hydrogen (secondary N) is 2. The Hall–Kier alpha value is -3.37. The molecule has 3 atom stereocenters. The molecule has 4 nitrogen and oxygen atoms in total. The summed E-state index contributed by atoms with van der Waals surface area (Å²) in [5.74, 6) is 0.717. The van der Waals surface area contributed by atoms with E-state index >= 15 is 0 Å². The summed E-state index contributed by atoms with van der Waals surface area (Å²) < 4.78 is 2.22. The van der Waals surface area contributed by atoms with Crippen LogP contribution in [0.2, 0.25) is 0 Å². The van der Waals surface area contributed by atoms with Gasteiger partial charge in [0.2, 0.25) is 0 Å². The second kappa shape index (κ2) is 8.77. The van der Waals surface area contributed by atoms with Crippen molar-refractivity contribution in [2.75, 3.05) is 6.54 Å². The molecule has 1 aromatic heterocycles. The summed E-state index contributed by atoms with van der Waals surface area (Å²) in [5.41, 5.74) is 4.19. The van der Waals surface area contributed by atoms with Gasteiger partial charge >= 0.3 is 0 Å². The Balaban J connectivity index is 1.33. The van der Waals surface area contributed by atoms with Gasteiger partial charge in [-0.3, -0.25) is 4.79 Å². The van der Waals surface area contributed by atoms with Gasteiger partial charge in [0.1, 0.15) is 0 Å². The van der Waals surface area contributed by atoms with Crippen LogP contribution in [0, 0.1) is 5.92 Å². The van der Waals surface area contributed by atoms with E-state index in [1.807, 2.05) is 24.3 Å². The van der Waals surface area contributed by atoms with Crippen LogP contribution in [0.15, 0.2) is 91.1 Å². The van der Waals surface area contributed by atoms with Crippen molar-refractivity contribution < 1.29 is 4.79 Å². The number of amides is 1. The standard InChI is InChI=1S/C30H31N3O/c34-29(26-14-7-15-27-25(26)16-18-33(27)21-22-9-3-1-4-10-22)32-28(24-12-5-2-6-13-24)30-17-8-11-23(19-30)20-31-30/h1-7,9-10,12-16,18,23,28,31H,8,11,17,19-21H2,(H,32,34). The monoisotopic (exact) mass is 449 g/mol. The van der Waals surface area contributed by atoms with Crippen LogP contribution in [0.1, 0.15) is 53.2 Å². The number of carbonyl (C=O) groups is 1. The van der Waals surface area contributed by atoms with E-state index in [0.717, 1.165) is 42.4 Å². The largest absolute Gasteiger partial charge is 0.343 e. The Morgan fingerprint density at radius 1 is 1.00 bits per heavy atom. The first-order valence-corrected chi connectivity index (χ1v) is 12.4. The first kappa shape index (κ1) is 21.2. The molecule has 1 saturated heterocycles. The highest BCUT2D eigenvalue weighted by Crippen LogP contribution is 2.45. The fourth-order valence-electron chi connectivity index (χ4n) is 6.21. The highest BCUT2D eigenvalue weighted by Gasteiger charge is 2.48. The lowest BCUT2D eigenvalue weighted by molar-refractivity contribution is 0.0894. The average molecular weight is 450 g/mol. The van der Waals surface area contributed by atoms with Crippen LogP contribution in [0.3, 0.4) is 0 Å². The molecule has 3 aromatic carbocycles. The second-order valence-electron chi connectivity index (χ2n) is 9.98. The molecule has 1 aliphatic heterocycles. The minimum absolute atomic E-state index is 0.00196. The summed E-state index contributed by atoms with van der Waals surface area (Å²) in [5, 5.41) is 8.32. The van der Waals surface area contributed by atoms with E-state index in [1.165, 1.54) is 24.0 Å². The Kier molecular flexibility index (Phi) is 5.46. The lowest BCUT2D eigenvalue weighted by atomic mass is 9.73. The van der Waals surface area contributed by atoms with Gasteiger partial charge in [-0.15, -0.1) is 0 Å². The smallest absolute Gasteiger partial charge is 0.252 e. The molecule has 4 aromatic rings. The van der Waals surface area contributed by atoms with E-state index in [1.54, 1.807) is 0 Å². The van der Waals surface area contributed by atoms with Gasteiger partial charge in [-0.1, -0.05) is 73.2 Å². The van der Waals surface area contributed by atoms with Crippen molar-refractivity contribution >= 4 is 16.8 Å². The molecule has 4 heteroatoms. The summed E-state index contributed by atoms with van der Waals surface area (Å²) in [4.78, 5) is 13.8. The Morgan fingerprint density at radius 2 is 1.79 bits per heavy atom. The van der Waals surface area contributed by atoms with Gasteiger partial charge < -0.3 is 15.2 Å². The van der Waals surface area contributed by atoms with Crippen molar-refractivity contribution in [2.45, 2.75) is 43.8 Å². The van der Waals surface area contributed by atoms with E-state index in [-0.39, 0.29) is 17.5 Å². The number of aromatic nitrogens is 1. The van der Waals surface area contributed by atoms with Crippen molar-refractivity contribution in [1.29, 1.82) is 0 Å². The third-order valence-electron chi connectivity index (χ3n) is 7.85. The maximum absolute atomic E-state index is 13.8. The Bertz CT molecular complexity index is 1290. The molecular weight excluding hydrogens is 418 g/mol. The SMILES string of the molecule is O=C(NC(c1ccccc1)C12CCCC(CN1)C2)c1cccc2c1ccn2Cc1ccccc1. The van der Waals surface area contributed by atoms with Crippen LogP contribution in [0.5, 0.6) is 0 Å². The molecule has 2 aliphatic rings. The number of nitrogens with zero attached hydrogens (tertiary/aromatic N) is 1. The van der Waals surface area contributed by atoms with Crippen LogP contribution in [0.25, 0.3) is 10.9 Å². The van der Waals surface area contributed by atoms with E-state index in [0.29, 0.717) is 5.92 Å². The number of hydrogen-bond donors (Lipinski definition) is 2. The maximum Gasteiger partial charge on any atom is 0.252 e. The van der Waals surface area contributed by atoms with Gasteiger partial charge in [0, 0.05) is 34.7 Å². The van der Waals surface area contributed by atoms with Crippen molar-refractivity contribution in [3.63, 3.8) is 0 Å². The van der Waals surface area contributed by atoms with Crippen LogP contribution in [0.4, 0.5) is 0 Å². The van der Waals surface area contributed by atoms with Gasteiger partial charge in [0.25, 0.3) is 5.91 Å². The molecule has 2 fully saturated rings. The predicted molar refractivity (Wildman–Crippen MR) is 137 cm³/mol. The minimum atomic E-state index is -0.0624. The maximum atomic E-state index is 13.8. The number of benzene rings is 3. The molecule has 3 unspecified atom stereocenters. The van der Waals surface area contributed by atoms with Gasteiger partial charge in [0.15, 0.2) is 0 Å². The van der Waals surface area contributed by atoms with Gasteiger partial charge in [0.05, 0.1) is 6.04 Å². The van der Waals surface area contributed by atoms with E-state index in [9.17, 15) is 4.79 Å². The zero-order chi connectivity index (χ0) is 23.0. The molecule has 172 valence electrons. The zero-order valence-corrected chi connectivity index (χ0v) is 19.4. The van der Waals surface area contributed by atoms with Crippen LogP contribution < -0.4 is 10.6 Å². The number of fused-ring (bicyclic) bond motifs is 3. The molecule has 1 saturated carbocycles. The Labute approximate surface area is 201 Å². The summed E-state index contributed by atoms with van der Waals surface area (Å²) in [6, 6.07) is 29.0. The molecule has 1 amide bonds. The van der Waals surface area contributed by atoms with Crippen molar-refractivity contribution in [3.05, 3.63) is 108 Å². The third-order valence-corrected chi connectivity index (χ3v) is 7.85. The number of hydrogen-bond acceptors (Lipinski definition) is 2. The lowest BCUT2D eigenvalue weighted by Crippen LogP contribution is -2.52. The molecule has 2 bridgehead atoms. The van der Waals surface area contributed by atoms with E-state index < -0.39 is 0 Å². The highest BCUT2D eigenvalue weighted by molar-refractivity contribution is 6.06. The molecule has 0 radical (unpaired) electrons. The molecular formula is C30H31N3O. The lowest BCUT2D eigenvalue weighted by Gasteiger charge is -2.41. The summed E-state index contributed by atoms with van der Waals surface area (Å²) in [7, 11) is 0. The van der Waals surface area contributed by atoms with Crippen molar-refractivity contribution in [1.82, 2.24) is 15.2 Å². The third kappa shape index (κ3) is 3.82. The fourth-order valence-corrected chi connectivity index (χ4v) is 6.21. The highest BCUT2D eigenvalue weighted by atomic mass is 16.1. The van der Waals surface area contributed by atoms with Crippen LogP contribution >= 0.6 is 0 Å². The Morgan fingerprint density at radius 3 is 2.62 bits per heavy atom. The van der Waals surface area contributed by atoms with Crippen LogP contribution in [-0.2, 0) is 6.54 Å². The first-order chi connectivity index (χ1) is 16.7. The zero-order valence-electron chi connectivity index (χ0n) is 19.4. The quantitative estimate of drug-likeness (QED) is 0.397. The normalized spacial score (nSPS) is 22.5. The number of rotatable bonds is 6. The van der Waals surface area contributed by atoms with Gasteiger partial charge in [-0.2, -0.15) is 0 Å². The number of carbonyl (C=O) groups excluding carboxylic acids is 1. The van der Waals surface area contributed by atoms with Gasteiger partial charge in [-0.05, 0) is 61.1 Å². The van der Waals surface area contributed by atoms with Crippen molar-refractivity contribution in [3.8, 4) is 0 Å². The summed E-state index contributed by atoms with van der Waals surface area (Å²) in [6.07, 6.45) is 6.82. The minimum Gasteiger partial charge on any atom is -0.343 e.